The lowest BCUT2D eigenvalue weighted by molar-refractivity contribution is 0.484. The number of nitrogens with zero attached hydrogens (tertiary/aromatic N) is 3. The fourth-order valence-corrected chi connectivity index (χ4v) is 5.28. The van der Waals surface area contributed by atoms with E-state index in [1.54, 1.807) is 23.7 Å². The molecule has 5 rings (SSSR count). The maximum atomic E-state index is 9.52. The van der Waals surface area contributed by atoms with E-state index in [2.05, 4.69) is 69.9 Å². The van der Waals surface area contributed by atoms with Gasteiger partial charge in [0.15, 0.2) is 0 Å². The second kappa shape index (κ2) is 9.74. The lowest BCUT2D eigenvalue weighted by atomic mass is 9.82. The highest BCUT2D eigenvalue weighted by molar-refractivity contribution is 7.19. The first kappa shape index (κ1) is 21.0. The average Bonchev–Trinajstić information content (AvgIpc) is 3.30. The zero-order valence-corrected chi connectivity index (χ0v) is 18.7. The number of benzene rings is 2. The Morgan fingerprint density at radius 1 is 0.818 bits per heavy atom. The van der Waals surface area contributed by atoms with Crippen LogP contribution in [-0.4, -0.2) is 9.97 Å². The molecule has 0 aliphatic rings. The van der Waals surface area contributed by atoms with E-state index in [9.17, 15) is 5.26 Å². The van der Waals surface area contributed by atoms with Gasteiger partial charge in [0.05, 0.1) is 11.6 Å². The molecule has 0 saturated heterocycles. The van der Waals surface area contributed by atoms with E-state index in [0.29, 0.717) is 5.56 Å². The molecule has 33 heavy (non-hydrogen) atoms. The van der Waals surface area contributed by atoms with Crippen LogP contribution in [0, 0.1) is 11.3 Å². The van der Waals surface area contributed by atoms with Crippen molar-refractivity contribution in [1.29, 1.82) is 5.26 Å². The Hall–Kier alpha value is -3.85. The molecule has 4 nitrogen and oxygen atoms in total. The van der Waals surface area contributed by atoms with E-state index >= 15 is 0 Å². The lowest BCUT2D eigenvalue weighted by Gasteiger charge is -2.29. The summed E-state index contributed by atoms with van der Waals surface area (Å²) in [5, 5.41) is 14.6. The van der Waals surface area contributed by atoms with Crippen LogP contribution < -0.4 is 5.32 Å². The van der Waals surface area contributed by atoms with Crippen LogP contribution in [0.3, 0.4) is 0 Å². The van der Waals surface area contributed by atoms with Gasteiger partial charge in [-0.05, 0) is 58.5 Å². The summed E-state index contributed by atoms with van der Waals surface area (Å²) in [4.78, 5) is 10.1. The summed E-state index contributed by atoms with van der Waals surface area (Å²) in [5.41, 5.74) is 3.91. The van der Waals surface area contributed by atoms with Gasteiger partial charge < -0.3 is 5.32 Å². The van der Waals surface area contributed by atoms with Crippen molar-refractivity contribution >= 4 is 21.4 Å². The maximum Gasteiger partial charge on any atom is 0.0991 e. The van der Waals surface area contributed by atoms with Gasteiger partial charge in [-0.2, -0.15) is 5.26 Å². The second-order valence-corrected chi connectivity index (χ2v) is 9.07. The van der Waals surface area contributed by atoms with Crippen molar-refractivity contribution < 1.29 is 0 Å². The fraction of sp³-hybridized carbons (Fsp3) is 0.107. The summed E-state index contributed by atoms with van der Waals surface area (Å²) < 4.78 is 1.29. The van der Waals surface area contributed by atoms with Gasteiger partial charge >= 0.3 is 0 Å². The standard InChI is InChI=1S/C28H22N4S/c29-16-20-6-3-8-22(14-20)28(32-19-25-15-21-7-1-2-11-26(21)33-25)27(23-9-4-12-30-17-23)24-10-5-13-31-18-24/h1-15,17-18,27-28,32H,19H2. The highest BCUT2D eigenvalue weighted by Crippen LogP contribution is 2.37. The Balaban J connectivity index is 1.57. The van der Waals surface area contributed by atoms with Crippen LogP contribution in [0.5, 0.6) is 0 Å². The van der Waals surface area contributed by atoms with Crippen molar-refractivity contribution in [2.45, 2.75) is 18.5 Å². The monoisotopic (exact) mass is 446 g/mol. The summed E-state index contributed by atoms with van der Waals surface area (Å²) in [6.07, 6.45) is 7.42. The predicted molar refractivity (Wildman–Crippen MR) is 133 cm³/mol. The largest absolute Gasteiger partial charge is 0.304 e. The van der Waals surface area contributed by atoms with Crippen LogP contribution in [0.2, 0.25) is 0 Å². The summed E-state index contributed by atoms with van der Waals surface area (Å²) >= 11 is 1.81. The minimum atomic E-state index is -0.0723. The van der Waals surface area contributed by atoms with Crippen molar-refractivity contribution in [3.63, 3.8) is 0 Å². The average molecular weight is 447 g/mol. The molecule has 0 aliphatic carbocycles. The Labute approximate surface area is 197 Å². The second-order valence-electron chi connectivity index (χ2n) is 7.90. The molecule has 0 aliphatic heterocycles. The van der Waals surface area contributed by atoms with E-state index in [-0.39, 0.29) is 12.0 Å². The SMILES string of the molecule is N#Cc1cccc(C(NCc2cc3ccccc3s2)C(c2cccnc2)c2cccnc2)c1. The van der Waals surface area contributed by atoms with Crippen molar-refractivity contribution in [3.05, 3.63) is 131 Å². The molecule has 0 bridgehead atoms. The van der Waals surface area contributed by atoms with Crippen molar-refractivity contribution in [3.8, 4) is 6.07 Å². The predicted octanol–water partition coefficient (Wildman–Crippen LogP) is 6.23. The molecule has 5 heteroatoms. The van der Waals surface area contributed by atoms with Crippen LogP contribution in [0.4, 0.5) is 0 Å². The molecule has 0 fully saturated rings. The van der Waals surface area contributed by atoms with Gasteiger partial charge in [0.25, 0.3) is 0 Å². The molecule has 0 saturated carbocycles. The Kier molecular flexibility index (Phi) is 6.21. The third-order valence-electron chi connectivity index (χ3n) is 5.77. The number of rotatable bonds is 7. The van der Waals surface area contributed by atoms with Gasteiger partial charge in [0, 0.05) is 52.9 Å². The smallest absolute Gasteiger partial charge is 0.0991 e. The van der Waals surface area contributed by atoms with E-state index in [0.717, 1.165) is 23.2 Å². The van der Waals surface area contributed by atoms with Gasteiger partial charge in [-0.3, -0.25) is 9.97 Å². The van der Waals surface area contributed by atoms with Crippen LogP contribution >= 0.6 is 11.3 Å². The van der Waals surface area contributed by atoms with Crippen LogP contribution in [0.15, 0.2) is 104 Å². The van der Waals surface area contributed by atoms with Crippen LogP contribution in [0.25, 0.3) is 10.1 Å². The highest BCUT2D eigenvalue weighted by atomic mass is 32.1. The van der Waals surface area contributed by atoms with Gasteiger partial charge in [-0.25, -0.2) is 0 Å². The zero-order chi connectivity index (χ0) is 22.5. The molecule has 0 amide bonds. The maximum absolute atomic E-state index is 9.52. The fourth-order valence-electron chi connectivity index (χ4n) is 4.26. The van der Waals surface area contributed by atoms with E-state index in [1.165, 1.54) is 15.0 Å². The third kappa shape index (κ3) is 4.68. The first-order chi connectivity index (χ1) is 16.3. The number of nitrogens with one attached hydrogen (secondary N) is 1. The van der Waals surface area contributed by atoms with Gasteiger partial charge in [0.2, 0.25) is 0 Å². The molecule has 160 valence electrons. The zero-order valence-electron chi connectivity index (χ0n) is 17.9. The lowest BCUT2D eigenvalue weighted by Crippen LogP contribution is -2.27. The highest BCUT2D eigenvalue weighted by Gasteiger charge is 2.27. The summed E-state index contributed by atoms with van der Waals surface area (Å²) in [6, 6.07) is 28.9. The number of nitriles is 1. The van der Waals surface area contributed by atoms with Gasteiger partial charge in [-0.15, -0.1) is 11.3 Å². The van der Waals surface area contributed by atoms with Crippen molar-refractivity contribution in [1.82, 2.24) is 15.3 Å². The van der Waals surface area contributed by atoms with Crippen LogP contribution in [0.1, 0.15) is 39.1 Å². The molecule has 3 aromatic heterocycles. The molecule has 1 N–H and O–H groups in total. The molecule has 1 atom stereocenters. The minimum Gasteiger partial charge on any atom is -0.304 e. The van der Waals surface area contributed by atoms with E-state index in [1.807, 2.05) is 42.7 Å². The first-order valence-electron chi connectivity index (χ1n) is 10.8. The van der Waals surface area contributed by atoms with Crippen molar-refractivity contribution in [2.24, 2.45) is 0 Å². The molecule has 0 spiro atoms. The Bertz CT molecular complexity index is 1320. The number of hydrogen-bond acceptors (Lipinski definition) is 5. The van der Waals surface area contributed by atoms with Gasteiger partial charge in [-0.1, -0.05) is 42.5 Å². The number of thiophene rings is 1. The molecule has 1 unspecified atom stereocenters. The van der Waals surface area contributed by atoms with E-state index in [4.69, 9.17) is 0 Å². The number of pyridine rings is 2. The molecule has 5 aromatic rings. The van der Waals surface area contributed by atoms with E-state index < -0.39 is 0 Å². The van der Waals surface area contributed by atoms with Crippen molar-refractivity contribution in [2.75, 3.05) is 0 Å². The first-order valence-corrected chi connectivity index (χ1v) is 11.6. The normalized spacial score (nSPS) is 12.0. The number of fused-ring (bicyclic) bond motifs is 1. The summed E-state index contributed by atoms with van der Waals surface area (Å²) in [7, 11) is 0. The summed E-state index contributed by atoms with van der Waals surface area (Å²) in [5.74, 6) is -0.0179. The minimum absolute atomic E-state index is 0.0179. The molecular formula is C28H22N4S. The van der Waals surface area contributed by atoms with Gasteiger partial charge in [0.1, 0.15) is 0 Å². The Morgan fingerprint density at radius 3 is 2.21 bits per heavy atom. The molecule has 3 heterocycles. The molecule has 0 radical (unpaired) electrons. The van der Waals surface area contributed by atoms with Crippen LogP contribution in [-0.2, 0) is 6.54 Å². The molecular weight excluding hydrogens is 424 g/mol. The molecule has 2 aromatic carbocycles. The number of aromatic nitrogens is 2. The Morgan fingerprint density at radius 2 is 1.55 bits per heavy atom. The quantitative estimate of drug-likeness (QED) is 0.322. The topological polar surface area (TPSA) is 61.6 Å². The third-order valence-corrected chi connectivity index (χ3v) is 6.88. The number of hydrogen-bond donors (Lipinski definition) is 1. The summed E-state index contributed by atoms with van der Waals surface area (Å²) in [6.45, 7) is 0.720.